The Morgan fingerprint density at radius 3 is 1.90 bits per heavy atom. The van der Waals surface area contributed by atoms with Crippen LogP contribution < -0.4 is 0 Å². The average molecular weight is 317 g/mol. The number of carbonyl (C=O) groups is 1. The highest BCUT2D eigenvalue weighted by Crippen LogP contribution is 2.47. The fraction of sp³-hybridized carbons (Fsp3) is 0.417. The minimum atomic E-state index is -6.53. The maximum atomic E-state index is 13.2. The van der Waals surface area contributed by atoms with E-state index in [2.05, 4.69) is 0 Å². The van der Waals surface area contributed by atoms with Crippen molar-refractivity contribution in [3.05, 3.63) is 35.9 Å². The Bertz CT molecular complexity index is 498. The number of hydrogen-bond donors (Lipinski definition) is 0. The Balaban J connectivity index is 2.96. The third kappa shape index (κ3) is 3.27. The van der Waals surface area contributed by atoms with Crippen molar-refractivity contribution in [2.45, 2.75) is 24.6 Å². The van der Waals surface area contributed by atoms with Crippen LogP contribution >= 0.6 is 0 Å². The first-order valence-corrected chi connectivity index (χ1v) is 5.53. The van der Waals surface area contributed by atoms with Gasteiger partial charge in [-0.05, 0) is 5.56 Å². The Hall–Kier alpha value is -1.80. The van der Waals surface area contributed by atoms with Crippen molar-refractivity contribution >= 4 is 5.91 Å². The second kappa shape index (κ2) is 5.53. The lowest BCUT2D eigenvalue weighted by Gasteiger charge is -2.30. The molecule has 0 bridgehead atoms. The highest BCUT2D eigenvalue weighted by molar-refractivity contribution is 5.84. The zero-order chi connectivity index (χ0) is 16.5. The molecule has 21 heavy (non-hydrogen) atoms. The summed E-state index contributed by atoms with van der Waals surface area (Å²) in [6.07, 6.45) is -6.53. The summed E-state index contributed by atoms with van der Waals surface area (Å²) in [6, 6.07) is 7.39. The highest BCUT2D eigenvalue weighted by atomic mass is 19.4. The van der Waals surface area contributed by atoms with Gasteiger partial charge in [0.05, 0.1) is 0 Å². The number of hydrogen-bond acceptors (Lipinski definition) is 1. The average Bonchev–Trinajstić information content (AvgIpc) is 2.37. The van der Waals surface area contributed by atoms with Gasteiger partial charge >= 0.3 is 18.0 Å². The van der Waals surface area contributed by atoms with Crippen LogP contribution in [0.2, 0.25) is 0 Å². The van der Waals surface area contributed by atoms with Gasteiger partial charge in [-0.2, -0.15) is 30.7 Å². The van der Waals surface area contributed by atoms with Crippen LogP contribution in [0.4, 0.5) is 30.7 Å². The Labute approximate surface area is 115 Å². The molecule has 9 heteroatoms. The third-order valence-electron chi connectivity index (χ3n) is 2.63. The van der Waals surface area contributed by atoms with Crippen molar-refractivity contribution in [3.8, 4) is 0 Å². The zero-order valence-corrected chi connectivity index (χ0v) is 10.6. The summed E-state index contributed by atoms with van der Waals surface area (Å²) in [6.45, 7) is -0.525. The van der Waals surface area contributed by atoms with E-state index in [1.54, 1.807) is 6.07 Å². The van der Waals surface area contributed by atoms with Crippen LogP contribution in [0.3, 0.4) is 0 Å². The molecule has 0 saturated carbocycles. The van der Waals surface area contributed by atoms with Gasteiger partial charge in [0.1, 0.15) is 0 Å². The summed E-state index contributed by atoms with van der Waals surface area (Å²) >= 11 is 0. The molecule has 0 aliphatic rings. The van der Waals surface area contributed by atoms with Crippen molar-refractivity contribution < 1.29 is 35.5 Å². The van der Waals surface area contributed by atoms with E-state index in [4.69, 9.17) is 0 Å². The molecule has 0 aliphatic carbocycles. The van der Waals surface area contributed by atoms with Gasteiger partial charge in [0, 0.05) is 13.6 Å². The number of alkyl halides is 7. The van der Waals surface area contributed by atoms with E-state index in [1.807, 2.05) is 0 Å². The van der Waals surface area contributed by atoms with Gasteiger partial charge in [-0.1, -0.05) is 30.3 Å². The number of amides is 1. The van der Waals surface area contributed by atoms with Crippen LogP contribution in [0.25, 0.3) is 0 Å². The molecule has 0 aromatic heterocycles. The topological polar surface area (TPSA) is 20.3 Å². The molecule has 0 aliphatic heterocycles. The summed E-state index contributed by atoms with van der Waals surface area (Å²) in [5.41, 5.74) is 0.305. The highest BCUT2D eigenvalue weighted by Gasteiger charge is 2.76. The quantitative estimate of drug-likeness (QED) is 0.779. The first-order chi connectivity index (χ1) is 9.41. The van der Waals surface area contributed by atoms with E-state index in [1.165, 1.54) is 24.3 Å². The van der Waals surface area contributed by atoms with Crippen LogP contribution in [0.1, 0.15) is 5.56 Å². The SMILES string of the molecule is CN(Cc1ccccc1)C(=O)C(F)(F)C(F)(F)C(F)(F)F. The molecule has 0 heterocycles. The lowest BCUT2D eigenvalue weighted by atomic mass is 10.1. The van der Waals surface area contributed by atoms with Crippen LogP contribution in [-0.4, -0.2) is 35.9 Å². The van der Waals surface area contributed by atoms with E-state index in [9.17, 15) is 35.5 Å². The summed E-state index contributed by atoms with van der Waals surface area (Å²) < 4.78 is 87.8. The molecule has 0 atom stereocenters. The van der Waals surface area contributed by atoms with Crippen LogP contribution in [0.15, 0.2) is 30.3 Å². The first kappa shape index (κ1) is 17.3. The van der Waals surface area contributed by atoms with E-state index in [-0.39, 0.29) is 4.90 Å². The second-order valence-electron chi connectivity index (χ2n) is 4.29. The fourth-order valence-corrected chi connectivity index (χ4v) is 1.48. The van der Waals surface area contributed by atoms with Gasteiger partial charge in [-0.3, -0.25) is 4.79 Å². The molecule has 2 nitrogen and oxygen atoms in total. The van der Waals surface area contributed by atoms with Crippen molar-refractivity contribution in [2.75, 3.05) is 7.05 Å². The summed E-state index contributed by atoms with van der Waals surface area (Å²) in [5, 5.41) is 0. The lowest BCUT2D eigenvalue weighted by Crippen LogP contribution is -2.59. The summed E-state index contributed by atoms with van der Waals surface area (Å²) in [4.78, 5) is 11.4. The Morgan fingerprint density at radius 2 is 1.48 bits per heavy atom. The van der Waals surface area contributed by atoms with E-state index < -0.39 is 30.5 Å². The van der Waals surface area contributed by atoms with Gasteiger partial charge in [0.2, 0.25) is 0 Å². The van der Waals surface area contributed by atoms with Crippen molar-refractivity contribution in [1.29, 1.82) is 0 Å². The molecule has 0 fully saturated rings. The molecule has 118 valence electrons. The minimum Gasteiger partial charge on any atom is -0.336 e. The molecule has 1 amide bonds. The summed E-state index contributed by atoms with van der Waals surface area (Å²) in [5.74, 6) is -14.9. The van der Waals surface area contributed by atoms with E-state index in [0.717, 1.165) is 7.05 Å². The van der Waals surface area contributed by atoms with Crippen LogP contribution in [0, 0.1) is 0 Å². The van der Waals surface area contributed by atoms with Crippen molar-refractivity contribution in [1.82, 2.24) is 4.90 Å². The third-order valence-corrected chi connectivity index (χ3v) is 2.63. The number of halogens is 7. The Morgan fingerprint density at radius 1 is 1.00 bits per heavy atom. The minimum absolute atomic E-state index is 0.120. The molecule has 0 spiro atoms. The van der Waals surface area contributed by atoms with Gasteiger partial charge in [-0.15, -0.1) is 0 Å². The van der Waals surface area contributed by atoms with E-state index >= 15 is 0 Å². The number of rotatable bonds is 4. The molecule has 0 unspecified atom stereocenters. The van der Waals surface area contributed by atoms with Gasteiger partial charge < -0.3 is 4.90 Å². The summed E-state index contributed by atoms with van der Waals surface area (Å²) in [7, 11) is 0.718. The molecule has 0 radical (unpaired) electrons. The second-order valence-corrected chi connectivity index (χ2v) is 4.29. The van der Waals surface area contributed by atoms with Gasteiger partial charge in [0.25, 0.3) is 5.91 Å². The van der Waals surface area contributed by atoms with E-state index in [0.29, 0.717) is 5.56 Å². The fourth-order valence-electron chi connectivity index (χ4n) is 1.48. The maximum Gasteiger partial charge on any atom is 0.460 e. The van der Waals surface area contributed by atoms with Crippen molar-refractivity contribution in [2.24, 2.45) is 0 Å². The molecule has 0 saturated heterocycles. The number of benzene rings is 1. The molecular formula is C12H10F7NO. The molecular weight excluding hydrogens is 307 g/mol. The largest absolute Gasteiger partial charge is 0.460 e. The molecule has 0 N–H and O–H groups in total. The van der Waals surface area contributed by atoms with Crippen molar-refractivity contribution in [3.63, 3.8) is 0 Å². The molecule has 1 aromatic carbocycles. The van der Waals surface area contributed by atoms with Crippen LogP contribution in [0.5, 0.6) is 0 Å². The Kier molecular flexibility index (Phi) is 4.54. The predicted octanol–water partition coefficient (Wildman–Crippen LogP) is 3.48. The number of carbonyl (C=O) groups excluding carboxylic acids is 1. The zero-order valence-electron chi connectivity index (χ0n) is 10.6. The predicted molar refractivity (Wildman–Crippen MR) is 58.9 cm³/mol. The molecule has 1 aromatic rings. The normalized spacial score (nSPS) is 13.1. The van der Waals surface area contributed by atoms with Gasteiger partial charge in [-0.25, -0.2) is 0 Å². The lowest BCUT2D eigenvalue weighted by molar-refractivity contribution is -0.345. The standard InChI is InChI=1S/C12H10F7NO/c1-20(7-8-5-3-2-4-6-8)9(21)10(13,14)11(15,16)12(17,18)19/h2-6H,7H2,1H3. The van der Waals surface area contributed by atoms with Crippen LogP contribution in [-0.2, 0) is 11.3 Å². The smallest absolute Gasteiger partial charge is 0.336 e. The first-order valence-electron chi connectivity index (χ1n) is 5.53. The monoisotopic (exact) mass is 317 g/mol. The van der Waals surface area contributed by atoms with Gasteiger partial charge in [0.15, 0.2) is 0 Å². The molecule has 1 rings (SSSR count). The maximum absolute atomic E-state index is 13.2. The number of nitrogens with zero attached hydrogens (tertiary/aromatic N) is 1.